The Kier molecular flexibility index (Phi) is 5.25. The number of carbonyl (C=O) groups is 1. The summed E-state index contributed by atoms with van der Waals surface area (Å²) in [6, 6.07) is 4.27. The van der Waals surface area contributed by atoms with Gasteiger partial charge in [0.1, 0.15) is 11.3 Å². The Bertz CT molecular complexity index is 475. The molecule has 104 valence electrons. The molecule has 0 bridgehead atoms. The van der Waals surface area contributed by atoms with Crippen molar-refractivity contribution in [1.82, 2.24) is 0 Å². The molecule has 0 aliphatic heterocycles. The van der Waals surface area contributed by atoms with Crippen LogP contribution in [0.3, 0.4) is 0 Å². The molecular weight excluding hydrogens is 252 g/mol. The highest BCUT2D eigenvalue weighted by Gasteiger charge is 2.25. The van der Waals surface area contributed by atoms with E-state index >= 15 is 0 Å². The molecule has 1 aromatic carbocycles. The Morgan fingerprint density at radius 2 is 2.21 bits per heavy atom. The Balaban J connectivity index is 3.09. The summed E-state index contributed by atoms with van der Waals surface area (Å²) in [4.78, 5) is 23.1. The van der Waals surface area contributed by atoms with Crippen LogP contribution in [0.4, 0.5) is 11.4 Å². The molecule has 0 aliphatic rings. The second-order valence-corrected chi connectivity index (χ2v) is 4.00. The van der Waals surface area contributed by atoms with Gasteiger partial charge >= 0.3 is 11.7 Å². The molecule has 7 nitrogen and oxygen atoms in total. The summed E-state index contributed by atoms with van der Waals surface area (Å²) in [6.07, 6.45) is 0.696. The van der Waals surface area contributed by atoms with Gasteiger partial charge in [-0.25, -0.2) is 4.79 Å². The largest absolute Gasteiger partial charge is 0.477 e. The number of rotatable bonds is 7. The van der Waals surface area contributed by atoms with Crippen LogP contribution in [-0.4, -0.2) is 43.3 Å². The number of nitro groups is 1. The van der Waals surface area contributed by atoms with Crippen LogP contribution in [0.15, 0.2) is 18.2 Å². The number of carboxylic acid groups (broad SMARTS) is 1. The first-order valence-electron chi connectivity index (χ1n) is 5.69. The lowest BCUT2D eigenvalue weighted by Crippen LogP contribution is -2.21. The maximum absolute atomic E-state index is 11.1. The van der Waals surface area contributed by atoms with Crippen LogP contribution in [-0.2, 0) is 4.74 Å². The number of ether oxygens (including phenoxy) is 1. The third-order valence-corrected chi connectivity index (χ3v) is 2.68. The minimum absolute atomic E-state index is 0.293. The molecule has 0 atom stereocenters. The fraction of sp³-hybridized carbons (Fsp3) is 0.417. The first-order valence-corrected chi connectivity index (χ1v) is 5.69. The van der Waals surface area contributed by atoms with Crippen LogP contribution in [0.2, 0.25) is 0 Å². The molecule has 0 unspecified atom stereocenters. The van der Waals surface area contributed by atoms with E-state index in [2.05, 4.69) is 0 Å². The van der Waals surface area contributed by atoms with Crippen molar-refractivity contribution in [1.29, 1.82) is 0 Å². The SMILES string of the molecule is COCCCN(C)c1cccc(C(=O)O)c1[N+](=O)[O-]. The van der Waals surface area contributed by atoms with E-state index in [0.29, 0.717) is 25.3 Å². The topological polar surface area (TPSA) is 92.9 Å². The molecule has 1 N–H and O–H groups in total. The number of hydrogen-bond donors (Lipinski definition) is 1. The third-order valence-electron chi connectivity index (χ3n) is 2.68. The average Bonchev–Trinajstić information content (AvgIpc) is 2.37. The lowest BCUT2D eigenvalue weighted by Gasteiger charge is -2.19. The average molecular weight is 268 g/mol. The van der Waals surface area contributed by atoms with Gasteiger partial charge in [0.05, 0.1) is 4.92 Å². The Labute approximate surface area is 110 Å². The minimum atomic E-state index is -1.31. The molecule has 19 heavy (non-hydrogen) atoms. The fourth-order valence-electron chi connectivity index (χ4n) is 1.77. The lowest BCUT2D eigenvalue weighted by molar-refractivity contribution is -0.384. The number of benzene rings is 1. The quantitative estimate of drug-likeness (QED) is 0.460. The van der Waals surface area contributed by atoms with Crippen molar-refractivity contribution < 1.29 is 19.6 Å². The van der Waals surface area contributed by atoms with Gasteiger partial charge in [0.2, 0.25) is 0 Å². The maximum Gasteiger partial charge on any atom is 0.342 e. The van der Waals surface area contributed by atoms with Crippen LogP contribution in [0.25, 0.3) is 0 Å². The molecule has 0 fully saturated rings. The number of para-hydroxylation sites is 1. The van der Waals surface area contributed by atoms with Gasteiger partial charge in [-0.2, -0.15) is 0 Å². The van der Waals surface area contributed by atoms with E-state index in [0.717, 1.165) is 0 Å². The van der Waals surface area contributed by atoms with Gasteiger partial charge in [0, 0.05) is 27.3 Å². The lowest BCUT2D eigenvalue weighted by atomic mass is 10.1. The Hall–Kier alpha value is -2.15. The van der Waals surface area contributed by atoms with Crippen LogP contribution in [0, 0.1) is 10.1 Å². The molecular formula is C12H16N2O5. The summed E-state index contributed by atoms with van der Waals surface area (Å²) in [5.74, 6) is -1.31. The third kappa shape index (κ3) is 3.65. The summed E-state index contributed by atoms with van der Waals surface area (Å²) < 4.78 is 4.91. The van der Waals surface area contributed by atoms with Gasteiger partial charge in [-0.05, 0) is 18.6 Å². The van der Waals surface area contributed by atoms with Crippen LogP contribution < -0.4 is 4.90 Å². The van der Waals surface area contributed by atoms with E-state index in [1.807, 2.05) is 0 Å². The summed E-state index contributed by atoms with van der Waals surface area (Å²) in [5, 5.41) is 20.1. The predicted octanol–water partition coefficient (Wildman–Crippen LogP) is 1.77. The van der Waals surface area contributed by atoms with E-state index in [4.69, 9.17) is 9.84 Å². The Morgan fingerprint density at radius 1 is 1.53 bits per heavy atom. The van der Waals surface area contributed by atoms with Crippen molar-refractivity contribution >= 4 is 17.3 Å². The van der Waals surface area contributed by atoms with Crippen molar-refractivity contribution in [2.45, 2.75) is 6.42 Å². The molecule has 0 saturated heterocycles. The monoisotopic (exact) mass is 268 g/mol. The van der Waals surface area contributed by atoms with Crippen molar-refractivity contribution in [2.75, 3.05) is 32.2 Å². The molecule has 7 heteroatoms. The van der Waals surface area contributed by atoms with Crippen molar-refractivity contribution in [3.8, 4) is 0 Å². The smallest absolute Gasteiger partial charge is 0.342 e. The molecule has 0 radical (unpaired) electrons. The zero-order valence-corrected chi connectivity index (χ0v) is 10.8. The number of nitro benzene ring substituents is 1. The summed E-state index contributed by atoms with van der Waals surface area (Å²) in [7, 11) is 3.26. The zero-order chi connectivity index (χ0) is 14.4. The maximum atomic E-state index is 11.1. The molecule has 0 saturated carbocycles. The molecule has 0 amide bonds. The van der Waals surface area contributed by atoms with Gasteiger partial charge in [0.15, 0.2) is 0 Å². The fourth-order valence-corrected chi connectivity index (χ4v) is 1.77. The second kappa shape index (κ2) is 6.69. The summed E-state index contributed by atoms with van der Waals surface area (Å²) in [6.45, 7) is 1.08. The first kappa shape index (κ1) is 14.9. The molecule has 1 aromatic rings. The van der Waals surface area contributed by atoms with E-state index in [1.165, 1.54) is 18.2 Å². The highest BCUT2D eigenvalue weighted by Crippen LogP contribution is 2.31. The molecule has 1 rings (SSSR count). The van der Waals surface area contributed by atoms with E-state index < -0.39 is 10.9 Å². The van der Waals surface area contributed by atoms with Crippen LogP contribution in [0.5, 0.6) is 0 Å². The van der Waals surface area contributed by atoms with Gasteiger partial charge in [0.25, 0.3) is 0 Å². The van der Waals surface area contributed by atoms with Crippen LogP contribution >= 0.6 is 0 Å². The Morgan fingerprint density at radius 3 is 2.74 bits per heavy atom. The zero-order valence-electron chi connectivity index (χ0n) is 10.8. The van der Waals surface area contributed by atoms with E-state index in [9.17, 15) is 14.9 Å². The predicted molar refractivity (Wildman–Crippen MR) is 69.8 cm³/mol. The van der Waals surface area contributed by atoms with E-state index in [1.54, 1.807) is 19.1 Å². The number of hydrogen-bond acceptors (Lipinski definition) is 5. The number of methoxy groups -OCH3 is 1. The normalized spacial score (nSPS) is 10.2. The minimum Gasteiger partial charge on any atom is -0.477 e. The van der Waals surface area contributed by atoms with Gasteiger partial charge in [-0.15, -0.1) is 0 Å². The number of anilines is 1. The van der Waals surface area contributed by atoms with Gasteiger partial charge < -0.3 is 14.7 Å². The standard InChI is InChI=1S/C12H16N2O5/c1-13(7-4-8-19-2)10-6-3-5-9(12(15)16)11(10)14(17)18/h3,5-6H,4,7-8H2,1-2H3,(H,15,16). The molecule has 0 spiro atoms. The first-order chi connectivity index (χ1) is 8.99. The number of carboxylic acids is 1. The van der Waals surface area contributed by atoms with Gasteiger partial charge in [-0.3, -0.25) is 10.1 Å². The summed E-state index contributed by atoms with van der Waals surface area (Å²) in [5.41, 5.74) is -0.392. The van der Waals surface area contributed by atoms with Crippen molar-refractivity contribution in [3.63, 3.8) is 0 Å². The van der Waals surface area contributed by atoms with E-state index in [-0.39, 0.29) is 11.3 Å². The molecule has 0 aliphatic carbocycles. The summed E-state index contributed by atoms with van der Waals surface area (Å²) >= 11 is 0. The number of aromatic carboxylic acids is 1. The van der Waals surface area contributed by atoms with Crippen molar-refractivity contribution in [3.05, 3.63) is 33.9 Å². The molecule has 0 aromatic heterocycles. The highest BCUT2D eigenvalue weighted by atomic mass is 16.6. The second-order valence-electron chi connectivity index (χ2n) is 4.00. The molecule has 0 heterocycles. The van der Waals surface area contributed by atoms with Crippen LogP contribution in [0.1, 0.15) is 16.8 Å². The highest BCUT2D eigenvalue weighted by molar-refractivity contribution is 5.95. The van der Waals surface area contributed by atoms with Gasteiger partial charge in [-0.1, -0.05) is 6.07 Å². The van der Waals surface area contributed by atoms with Crippen molar-refractivity contribution in [2.24, 2.45) is 0 Å². The number of nitrogens with zero attached hydrogens (tertiary/aromatic N) is 2.